The van der Waals surface area contributed by atoms with Gasteiger partial charge < -0.3 is 4.74 Å². The van der Waals surface area contributed by atoms with E-state index < -0.39 is 11.7 Å². The average molecular weight is 399 g/mol. The summed E-state index contributed by atoms with van der Waals surface area (Å²) in [6.07, 6.45) is 1.42. The van der Waals surface area contributed by atoms with Gasteiger partial charge in [0, 0.05) is 5.02 Å². The Bertz CT molecular complexity index is 750. The Morgan fingerprint density at radius 1 is 0.926 bits per heavy atom. The van der Waals surface area contributed by atoms with Gasteiger partial charge in [-0.1, -0.05) is 44.7 Å². The van der Waals surface area contributed by atoms with E-state index in [1.165, 1.54) is 25.3 Å². The molecule has 3 rings (SSSR count). The summed E-state index contributed by atoms with van der Waals surface area (Å²) in [5, 5.41) is 0.650. The van der Waals surface area contributed by atoms with Crippen LogP contribution in [0.25, 0.3) is 0 Å². The van der Waals surface area contributed by atoms with Crippen LogP contribution in [0.15, 0.2) is 36.4 Å². The molecule has 2 aromatic carbocycles. The maximum Gasteiger partial charge on any atom is 0.416 e. The number of rotatable bonds is 3. The lowest BCUT2D eigenvalue weighted by molar-refractivity contribution is -0.137. The predicted molar refractivity (Wildman–Crippen MR) is 105 cm³/mol. The first-order valence-electron chi connectivity index (χ1n) is 9.50. The van der Waals surface area contributed by atoms with Gasteiger partial charge >= 0.3 is 6.18 Å². The van der Waals surface area contributed by atoms with Gasteiger partial charge in [-0.15, -0.1) is 0 Å². The van der Waals surface area contributed by atoms with E-state index in [1.807, 2.05) is 26.0 Å². The predicted octanol–water partition coefficient (Wildman–Crippen LogP) is 8.53. The minimum absolute atomic E-state index is 0.386. The molecular weight excluding hydrogens is 373 g/mol. The van der Waals surface area contributed by atoms with Crippen molar-refractivity contribution in [2.24, 2.45) is 0 Å². The molecule has 1 nitrogen and oxygen atoms in total. The molecule has 1 saturated carbocycles. The average Bonchev–Trinajstić information content (AvgIpc) is 2.66. The van der Waals surface area contributed by atoms with Crippen LogP contribution in [0.2, 0.25) is 5.02 Å². The largest absolute Gasteiger partial charge is 0.457 e. The number of alkyl halides is 3. The highest BCUT2D eigenvalue weighted by molar-refractivity contribution is 6.30. The van der Waals surface area contributed by atoms with Crippen LogP contribution in [-0.2, 0) is 6.18 Å². The Morgan fingerprint density at radius 2 is 1.56 bits per heavy atom. The van der Waals surface area contributed by atoms with Crippen LogP contribution >= 0.6 is 11.6 Å². The van der Waals surface area contributed by atoms with Gasteiger partial charge in [0.1, 0.15) is 11.5 Å². The van der Waals surface area contributed by atoms with E-state index >= 15 is 0 Å². The molecule has 0 heterocycles. The summed E-state index contributed by atoms with van der Waals surface area (Å²) in [5.74, 6) is 1.50. The summed E-state index contributed by atoms with van der Waals surface area (Å²) in [5.41, 5.74) is 0.840. The maximum absolute atomic E-state index is 12.8. The van der Waals surface area contributed by atoms with Crippen LogP contribution in [0.1, 0.15) is 68.6 Å². The van der Waals surface area contributed by atoms with Crippen LogP contribution in [0.4, 0.5) is 13.2 Å². The number of benzene rings is 2. The zero-order valence-electron chi connectivity index (χ0n) is 16.0. The normalized spacial score (nSPS) is 15.1. The third kappa shape index (κ3) is 5.65. The molecule has 0 radical (unpaired) electrons. The van der Waals surface area contributed by atoms with Crippen molar-refractivity contribution in [2.75, 3.05) is 0 Å². The number of ether oxygens (including phenoxy) is 1. The van der Waals surface area contributed by atoms with Crippen molar-refractivity contribution in [1.82, 2.24) is 0 Å². The van der Waals surface area contributed by atoms with Gasteiger partial charge in [-0.2, -0.15) is 13.2 Å². The van der Waals surface area contributed by atoms with Crippen molar-refractivity contribution in [2.45, 2.75) is 65.0 Å². The zero-order chi connectivity index (χ0) is 20.0. The van der Waals surface area contributed by atoms with E-state index in [9.17, 15) is 13.2 Å². The first-order valence-corrected chi connectivity index (χ1v) is 9.87. The van der Waals surface area contributed by atoms with Crippen LogP contribution in [-0.4, -0.2) is 0 Å². The van der Waals surface area contributed by atoms with E-state index in [2.05, 4.69) is 0 Å². The van der Waals surface area contributed by atoms with Crippen molar-refractivity contribution in [3.8, 4) is 11.5 Å². The Labute approximate surface area is 164 Å². The number of aryl methyl sites for hydroxylation is 1. The van der Waals surface area contributed by atoms with Gasteiger partial charge in [0.15, 0.2) is 0 Å². The standard InChI is InChI=1S/C20H20ClF3O.C2H6/c1-13-11-15(20(22,23)24)7-9-18(13)25-19-10-8-16(21)12-17(19)14-5-3-2-4-6-14;1-2/h7-12,14H,2-6H2,1H3;1-2H3. The van der Waals surface area contributed by atoms with Crippen LogP contribution in [0.3, 0.4) is 0 Å². The molecule has 0 N–H and O–H groups in total. The van der Waals surface area contributed by atoms with Crippen molar-refractivity contribution < 1.29 is 17.9 Å². The number of hydrogen-bond acceptors (Lipinski definition) is 1. The fourth-order valence-electron chi connectivity index (χ4n) is 3.40. The van der Waals surface area contributed by atoms with Crippen molar-refractivity contribution in [3.05, 3.63) is 58.1 Å². The van der Waals surface area contributed by atoms with Gasteiger partial charge in [0.05, 0.1) is 5.56 Å². The van der Waals surface area contributed by atoms with E-state index in [-0.39, 0.29) is 0 Å². The Kier molecular flexibility index (Phi) is 7.60. The highest BCUT2D eigenvalue weighted by Gasteiger charge is 2.31. The fraction of sp³-hybridized carbons (Fsp3) is 0.455. The molecule has 0 aliphatic heterocycles. The summed E-state index contributed by atoms with van der Waals surface area (Å²) in [6, 6.07) is 9.04. The van der Waals surface area contributed by atoms with Crippen LogP contribution in [0.5, 0.6) is 11.5 Å². The first kappa shape index (κ1) is 21.6. The van der Waals surface area contributed by atoms with Crippen molar-refractivity contribution >= 4 is 11.6 Å². The van der Waals surface area contributed by atoms with Crippen LogP contribution in [0, 0.1) is 6.92 Å². The molecule has 0 aromatic heterocycles. The Balaban J connectivity index is 0.00000126. The fourth-order valence-corrected chi connectivity index (χ4v) is 3.58. The molecule has 0 amide bonds. The second-order valence-electron chi connectivity index (χ2n) is 6.60. The minimum Gasteiger partial charge on any atom is -0.457 e. The summed E-state index contributed by atoms with van der Waals surface area (Å²) in [7, 11) is 0. The number of hydrogen-bond donors (Lipinski definition) is 0. The summed E-state index contributed by atoms with van der Waals surface area (Å²) >= 11 is 6.16. The zero-order valence-corrected chi connectivity index (χ0v) is 16.8. The monoisotopic (exact) mass is 398 g/mol. The maximum atomic E-state index is 12.8. The number of halogens is 4. The van der Waals surface area contributed by atoms with Gasteiger partial charge in [-0.25, -0.2) is 0 Å². The highest BCUT2D eigenvalue weighted by Crippen LogP contribution is 2.41. The third-order valence-corrected chi connectivity index (χ3v) is 4.97. The lowest BCUT2D eigenvalue weighted by atomic mass is 9.83. The van der Waals surface area contributed by atoms with E-state index in [4.69, 9.17) is 16.3 Å². The lowest BCUT2D eigenvalue weighted by Gasteiger charge is -2.24. The van der Waals surface area contributed by atoms with Gasteiger partial charge in [0.25, 0.3) is 0 Å². The molecule has 148 valence electrons. The Hall–Kier alpha value is -1.68. The van der Waals surface area contributed by atoms with Crippen molar-refractivity contribution in [1.29, 1.82) is 0 Å². The molecule has 1 aliphatic rings. The highest BCUT2D eigenvalue weighted by atomic mass is 35.5. The van der Waals surface area contributed by atoms with E-state index in [0.29, 0.717) is 28.0 Å². The summed E-state index contributed by atoms with van der Waals surface area (Å²) in [4.78, 5) is 0. The SMILES string of the molecule is CC.Cc1cc(C(F)(F)F)ccc1Oc1ccc(Cl)cc1C1CCCCC1. The van der Waals surface area contributed by atoms with Crippen LogP contribution < -0.4 is 4.74 Å². The molecule has 1 aliphatic carbocycles. The van der Waals surface area contributed by atoms with E-state index in [0.717, 1.165) is 30.5 Å². The minimum atomic E-state index is -4.35. The quantitative estimate of drug-likeness (QED) is 0.503. The van der Waals surface area contributed by atoms with Gasteiger partial charge in [0.2, 0.25) is 0 Å². The first-order chi connectivity index (χ1) is 12.8. The molecule has 0 bridgehead atoms. The van der Waals surface area contributed by atoms with Gasteiger partial charge in [-0.05, 0) is 73.2 Å². The molecule has 0 saturated heterocycles. The second-order valence-corrected chi connectivity index (χ2v) is 7.03. The Morgan fingerprint density at radius 3 is 2.15 bits per heavy atom. The molecule has 27 heavy (non-hydrogen) atoms. The molecule has 1 fully saturated rings. The smallest absolute Gasteiger partial charge is 0.416 e. The summed E-state index contributed by atoms with van der Waals surface area (Å²) < 4.78 is 44.5. The molecular formula is C22H26ClF3O. The molecule has 2 aromatic rings. The van der Waals surface area contributed by atoms with Crippen molar-refractivity contribution in [3.63, 3.8) is 0 Å². The van der Waals surface area contributed by atoms with Gasteiger partial charge in [-0.3, -0.25) is 0 Å². The van der Waals surface area contributed by atoms with E-state index in [1.54, 1.807) is 13.0 Å². The molecule has 0 unspecified atom stereocenters. The summed E-state index contributed by atoms with van der Waals surface area (Å²) in [6.45, 7) is 5.63. The molecule has 0 spiro atoms. The topological polar surface area (TPSA) is 9.23 Å². The third-order valence-electron chi connectivity index (χ3n) is 4.74. The lowest BCUT2D eigenvalue weighted by Crippen LogP contribution is -2.07. The molecule has 5 heteroatoms. The molecule has 0 atom stereocenters. The second kappa shape index (κ2) is 9.50.